The molecule has 14 heteroatoms. The van der Waals surface area contributed by atoms with Gasteiger partial charge in [0, 0.05) is 79.3 Å². The van der Waals surface area contributed by atoms with Gasteiger partial charge in [0.1, 0.15) is 0 Å². The van der Waals surface area contributed by atoms with E-state index in [1.54, 1.807) is 36.4 Å². The summed E-state index contributed by atoms with van der Waals surface area (Å²) >= 11 is 0. The van der Waals surface area contributed by atoms with Gasteiger partial charge in [-0.25, -0.2) is 0 Å². The third-order valence-electron chi connectivity index (χ3n) is 20.9. The van der Waals surface area contributed by atoms with Gasteiger partial charge in [-0.15, -0.1) is 34.5 Å². The fraction of sp³-hybridized carbons (Fsp3) is 0.667. The van der Waals surface area contributed by atoms with Gasteiger partial charge in [-0.1, -0.05) is 392 Å². The SMILES string of the molecule is C1CCOC1.C1CCOC1.C1CCOC1.C1CCOC1.C1CCOC1.C1CCOC1.CC(C)(C)c1ccc([O-])c(C(C)(C)C)c1.CC(C)(C)c1ccc([O-])c(C(C)(C)C)c1.CC(C)(C)c1ccc([O-])c(C(C)(C)C)c1.CC(C)(C)c1ccc([O-])c(C(C)(C)C)c1.CC(C)(C)c1ccc([O-])c(C(C)(C)C)c1.CC(C)(C)c1ccc([O-])c(C(C)(C)C)c1.[Pr+3].[Pr+3]. The van der Waals surface area contributed by atoms with Crippen molar-refractivity contribution >= 4 is 0 Å². The molecular formula is C108H174O12Pr2. The quantitative estimate of drug-likeness (QED) is 0.140. The van der Waals surface area contributed by atoms with Crippen molar-refractivity contribution in [2.75, 3.05) is 79.3 Å². The van der Waals surface area contributed by atoms with Crippen LogP contribution in [0.1, 0.15) is 393 Å². The molecule has 0 aromatic heterocycles. The molecule has 122 heavy (non-hydrogen) atoms. The predicted molar refractivity (Wildman–Crippen MR) is 500 cm³/mol. The molecule has 6 aliphatic rings. The zero-order valence-electron chi connectivity index (χ0n) is 84.4. The normalized spacial score (nSPS) is 15.4. The second-order valence-corrected chi connectivity index (χ2v) is 45.2. The van der Waals surface area contributed by atoms with Gasteiger partial charge in [-0.2, -0.15) is 0 Å². The Bertz CT molecular complexity index is 3120. The largest absolute Gasteiger partial charge is 3.00 e. The topological polar surface area (TPSA) is 194 Å². The molecule has 0 atom stereocenters. The van der Waals surface area contributed by atoms with E-state index in [9.17, 15) is 30.6 Å². The second-order valence-electron chi connectivity index (χ2n) is 45.2. The van der Waals surface area contributed by atoms with Crippen LogP contribution >= 0.6 is 0 Å². The number of hydrogen-bond donors (Lipinski definition) is 0. The molecule has 0 aliphatic carbocycles. The summed E-state index contributed by atoms with van der Waals surface area (Å²) < 4.78 is 29.7. The average molecular weight is 1950 g/mol. The van der Waals surface area contributed by atoms with Crippen molar-refractivity contribution in [3.8, 4) is 34.5 Å². The Hall–Kier alpha value is -3.39. The summed E-state index contributed by atoms with van der Waals surface area (Å²) in [5, 5.41) is 70.5. The van der Waals surface area contributed by atoms with E-state index in [1.165, 1.54) is 110 Å². The smallest absolute Gasteiger partial charge is 0.872 e. The van der Waals surface area contributed by atoms with Crippen LogP contribution < -0.4 is 30.6 Å². The van der Waals surface area contributed by atoms with E-state index in [-0.39, 0.29) is 182 Å². The molecule has 0 unspecified atom stereocenters. The minimum absolute atomic E-state index is 0. The van der Waals surface area contributed by atoms with E-state index < -0.39 is 0 Å². The Morgan fingerprint density at radius 3 is 0.303 bits per heavy atom. The van der Waals surface area contributed by atoms with Crippen molar-refractivity contribution in [2.45, 2.75) is 391 Å². The Morgan fingerprint density at radius 1 is 0.156 bits per heavy atom. The Morgan fingerprint density at radius 2 is 0.246 bits per heavy atom. The average Bonchev–Trinajstić information content (AvgIpc) is 1.21. The van der Waals surface area contributed by atoms with Crippen LogP contribution in [0.4, 0.5) is 0 Å². The molecule has 6 saturated heterocycles. The molecule has 6 aliphatic heterocycles. The predicted octanol–water partition coefficient (Wildman–Crippen LogP) is 24.9. The van der Waals surface area contributed by atoms with Crippen LogP contribution in [-0.2, 0) is 93.4 Å². The molecule has 0 amide bonds. The van der Waals surface area contributed by atoms with Gasteiger partial charge in [-0.3, -0.25) is 0 Å². The van der Waals surface area contributed by atoms with E-state index >= 15 is 0 Å². The Balaban J connectivity index is 0. The van der Waals surface area contributed by atoms with Crippen LogP contribution in [0.2, 0.25) is 0 Å². The van der Waals surface area contributed by atoms with E-state index in [0.29, 0.717) is 0 Å². The fourth-order valence-electron chi connectivity index (χ4n) is 12.6. The first-order valence-electron chi connectivity index (χ1n) is 45.1. The summed E-state index contributed by atoms with van der Waals surface area (Å²) in [4.78, 5) is 0. The Kier molecular flexibility index (Phi) is 54.3. The van der Waals surface area contributed by atoms with Crippen LogP contribution in [0, 0.1) is 82.6 Å². The summed E-state index contributed by atoms with van der Waals surface area (Å²) in [6, 6.07) is 34.2. The molecule has 684 valence electrons. The van der Waals surface area contributed by atoms with Gasteiger partial charge in [0.05, 0.1) is 0 Å². The zero-order chi connectivity index (χ0) is 92.3. The molecule has 6 aromatic rings. The maximum absolute atomic E-state index is 11.7. The van der Waals surface area contributed by atoms with E-state index in [0.717, 1.165) is 113 Å². The molecule has 0 bridgehead atoms. The summed E-state index contributed by atoms with van der Waals surface area (Å²) in [7, 11) is 0. The number of benzene rings is 6. The molecule has 0 spiro atoms. The first kappa shape index (κ1) is 121. The maximum Gasteiger partial charge on any atom is 3.00 e. The minimum atomic E-state index is -0.0711. The summed E-state index contributed by atoms with van der Waals surface area (Å²) in [6.07, 6.45) is 15.3. The molecule has 12 rings (SSSR count). The van der Waals surface area contributed by atoms with Crippen molar-refractivity contribution in [1.29, 1.82) is 0 Å². The molecule has 6 aromatic carbocycles. The maximum atomic E-state index is 11.7. The number of ether oxygens (including phenoxy) is 6. The first-order chi connectivity index (χ1) is 54.7. The monoisotopic (exact) mass is 1950 g/mol. The van der Waals surface area contributed by atoms with Crippen LogP contribution in [0.25, 0.3) is 0 Å². The van der Waals surface area contributed by atoms with Gasteiger partial charge in [-0.05, 0) is 175 Å². The first-order valence-corrected chi connectivity index (χ1v) is 45.1. The van der Waals surface area contributed by atoms with Gasteiger partial charge in [0.25, 0.3) is 0 Å². The standard InChI is InChI=1S/6C14H22O.6C4H8O.2Pr/c6*1-13(2,3)10-7-8-12(15)11(9-10)14(4,5)6;6*1-2-4-5-3-1;;/h6*7-9,15H,1-6H3;6*1-4H2;;/q;;;;;;;;;;;;2*+3/p-6. The van der Waals surface area contributed by atoms with Gasteiger partial charge in [0.2, 0.25) is 0 Å². The minimum Gasteiger partial charge on any atom is -0.872 e. The molecule has 0 radical (unpaired) electrons. The van der Waals surface area contributed by atoms with Crippen LogP contribution in [0.5, 0.6) is 34.5 Å². The summed E-state index contributed by atoms with van der Waals surface area (Å²) in [6.45, 7) is 88.4. The molecule has 6 fully saturated rings. The summed E-state index contributed by atoms with van der Waals surface area (Å²) in [5.74, 6) is 0.892. The van der Waals surface area contributed by atoms with Crippen molar-refractivity contribution in [3.63, 3.8) is 0 Å². The Labute approximate surface area is 814 Å². The number of hydrogen-bond acceptors (Lipinski definition) is 12. The molecule has 12 nitrogen and oxygen atoms in total. The molecular weight excluding hydrogens is 1770 g/mol. The van der Waals surface area contributed by atoms with Crippen LogP contribution in [0.3, 0.4) is 0 Å². The molecule has 6 heterocycles. The van der Waals surface area contributed by atoms with Crippen molar-refractivity contribution in [1.82, 2.24) is 0 Å². The zero-order valence-corrected chi connectivity index (χ0v) is 91.8. The van der Waals surface area contributed by atoms with Crippen molar-refractivity contribution < 1.29 is 142 Å². The number of rotatable bonds is 0. The van der Waals surface area contributed by atoms with Crippen molar-refractivity contribution in [3.05, 3.63) is 176 Å². The van der Waals surface area contributed by atoms with E-state index in [2.05, 4.69) is 286 Å². The second kappa shape index (κ2) is 54.9. The van der Waals surface area contributed by atoms with Crippen LogP contribution in [-0.4, -0.2) is 79.3 Å². The van der Waals surface area contributed by atoms with Gasteiger partial charge < -0.3 is 59.1 Å². The third kappa shape index (κ3) is 50.0. The van der Waals surface area contributed by atoms with E-state index in [4.69, 9.17) is 28.4 Å². The molecule has 0 saturated carbocycles. The molecule has 0 N–H and O–H groups in total. The van der Waals surface area contributed by atoms with Gasteiger partial charge >= 0.3 is 82.6 Å². The van der Waals surface area contributed by atoms with Crippen molar-refractivity contribution in [2.24, 2.45) is 0 Å². The third-order valence-corrected chi connectivity index (χ3v) is 20.9. The van der Waals surface area contributed by atoms with Crippen LogP contribution in [0.15, 0.2) is 109 Å². The summed E-state index contributed by atoms with van der Waals surface area (Å²) in [5.41, 5.74) is 13.0. The van der Waals surface area contributed by atoms with E-state index in [1.807, 2.05) is 36.4 Å². The fourth-order valence-corrected chi connectivity index (χ4v) is 12.6. The van der Waals surface area contributed by atoms with Gasteiger partial charge in [0.15, 0.2) is 0 Å².